The van der Waals surface area contributed by atoms with Crippen molar-refractivity contribution in [3.05, 3.63) is 23.8 Å². The second kappa shape index (κ2) is 6.16. The molecule has 0 aromatic heterocycles. The maximum atomic E-state index is 12.7. The van der Waals surface area contributed by atoms with E-state index in [1.54, 1.807) is 6.07 Å². The summed E-state index contributed by atoms with van der Waals surface area (Å²) in [5.41, 5.74) is 8.34. The number of rotatable bonds is 2. The number of amides is 1. The van der Waals surface area contributed by atoms with Gasteiger partial charge in [0.15, 0.2) is 0 Å². The molecule has 0 spiro atoms. The van der Waals surface area contributed by atoms with Crippen LogP contribution in [0, 0.1) is 0 Å². The SMILES string of the molecule is CC1CCCCCN1C(=O)c1ccc(N(C)C)c(N)c1. The number of likely N-dealkylation sites (tertiary alicyclic amines) is 1. The number of hydrogen-bond donors (Lipinski definition) is 1. The number of nitrogens with zero attached hydrogens (tertiary/aromatic N) is 2. The molecule has 1 aliphatic heterocycles. The van der Waals surface area contributed by atoms with Gasteiger partial charge in [0, 0.05) is 32.2 Å². The highest BCUT2D eigenvalue weighted by Crippen LogP contribution is 2.25. The van der Waals surface area contributed by atoms with Crippen molar-refractivity contribution >= 4 is 17.3 Å². The molecule has 0 saturated carbocycles. The number of carbonyl (C=O) groups is 1. The zero-order valence-corrected chi connectivity index (χ0v) is 12.7. The van der Waals surface area contributed by atoms with Crippen LogP contribution in [0.3, 0.4) is 0 Å². The van der Waals surface area contributed by atoms with Gasteiger partial charge in [-0.2, -0.15) is 0 Å². The van der Waals surface area contributed by atoms with Gasteiger partial charge in [0.1, 0.15) is 0 Å². The van der Waals surface area contributed by atoms with Crippen molar-refractivity contribution in [3.63, 3.8) is 0 Å². The van der Waals surface area contributed by atoms with E-state index in [0.29, 0.717) is 17.3 Å². The van der Waals surface area contributed by atoms with Crippen molar-refractivity contribution in [2.45, 2.75) is 38.6 Å². The molecule has 20 heavy (non-hydrogen) atoms. The Kier molecular flexibility index (Phi) is 4.53. The summed E-state index contributed by atoms with van der Waals surface area (Å²) in [5.74, 6) is 0.108. The summed E-state index contributed by atoms with van der Waals surface area (Å²) in [6.07, 6.45) is 4.63. The van der Waals surface area contributed by atoms with Gasteiger partial charge in [0.2, 0.25) is 0 Å². The van der Waals surface area contributed by atoms with Crippen LogP contribution >= 0.6 is 0 Å². The number of hydrogen-bond acceptors (Lipinski definition) is 3. The van der Waals surface area contributed by atoms with Gasteiger partial charge in [0.25, 0.3) is 5.91 Å². The standard InChI is InChI=1S/C16H25N3O/c1-12-7-5-4-6-10-19(12)16(20)13-8-9-15(18(2)3)14(17)11-13/h8-9,11-12H,4-7,10,17H2,1-3H3. The minimum atomic E-state index is 0.108. The van der Waals surface area contributed by atoms with Crippen LogP contribution in [0.2, 0.25) is 0 Å². The van der Waals surface area contributed by atoms with Gasteiger partial charge < -0.3 is 15.5 Å². The molecule has 0 bridgehead atoms. The van der Waals surface area contributed by atoms with E-state index in [-0.39, 0.29) is 5.91 Å². The zero-order chi connectivity index (χ0) is 14.7. The molecular formula is C16H25N3O. The van der Waals surface area contributed by atoms with Gasteiger partial charge in [-0.25, -0.2) is 0 Å². The van der Waals surface area contributed by atoms with E-state index >= 15 is 0 Å². The Morgan fingerprint density at radius 2 is 2.05 bits per heavy atom. The third-order valence-corrected chi connectivity index (χ3v) is 4.07. The molecule has 0 radical (unpaired) electrons. The van der Waals surface area contributed by atoms with Crippen molar-refractivity contribution < 1.29 is 4.79 Å². The lowest BCUT2D eigenvalue weighted by Crippen LogP contribution is -2.38. The van der Waals surface area contributed by atoms with Crippen molar-refractivity contribution in [1.82, 2.24) is 4.90 Å². The van der Waals surface area contributed by atoms with Crippen LogP contribution in [0.15, 0.2) is 18.2 Å². The van der Waals surface area contributed by atoms with Crippen LogP contribution in [0.5, 0.6) is 0 Å². The summed E-state index contributed by atoms with van der Waals surface area (Å²) in [6.45, 7) is 3.00. The fourth-order valence-corrected chi connectivity index (χ4v) is 2.84. The first kappa shape index (κ1) is 14.7. The van der Waals surface area contributed by atoms with E-state index < -0.39 is 0 Å². The van der Waals surface area contributed by atoms with E-state index in [4.69, 9.17) is 5.73 Å². The largest absolute Gasteiger partial charge is 0.397 e. The third-order valence-electron chi connectivity index (χ3n) is 4.07. The van der Waals surface area contributed by atoms with Gasteiger partial charge >= 0.3 is 0 Å². The van der Waals surface area contributed by atoms with Gasteiger partial charge in [-0.3, -0.25) is 4.79 Å². The topological polar surface area (TPSA) is 49.6 Å². The molecule has 2 N–H and O–H groups in total. The van der Waals surface area contributed by atoms with Gasteiger partial charge in [-0.15, -0.1) is 0 Å². The molecule has 1 amide bonds. The van der Waals surface area contributed by atoms with Crippen LogP contribution in [0.25, 0.3) is 0 Å². The van der Waals surface area contributed by atoms with E-state index in [1.807, 2.05) is 36.0 Å². The molecule has 1 aromatic rings. The van der Waals surface area contributed by atoms with Gasteiger partial charge in [-0.1, -0.05) is 12.8 Å². The van der Waals surface area contributed by atoms with E-state index in [2.05, 4.69) is 6.92 Å². The zero-order valence-electron chi connectivity index (χ0n) is 12.7. The number of nitrogens with two attached hydrogens (primary N) is 1. The smallest absolute Gasteiger partial charge is 0.254 e. The molecule has 110 valence electrons. The monoisotopic (exact) mass is 275 g/mol. The minimum Gasteiger partial charge on any atom is -0.397 e. The van der Waals surface area contributed by atoms with Crippen molar-refractivity contribution in [3.8, 4) is 0 Å². The normalized spacial score (nSPS) is 19.6. The summed E-state index contributed by atoms with van der Waals surface area (Å²) in [4.78, 5) is 16.6. The Hall–Kier alpha value is -1.71. The second-order valence-corrected chi connectivity index (χ2v) is 5.86. The Morgan fingerprint density at radius 1 is 1.30 bits per heavy atom. The van der Waals surface area contributed by atoms with E-state index in [9.17, 15) is 4.79 Å². The maximum Gasteiger partial charge on any atom is 0.254 e. The van der Waals surface area contributed by atoms with Crippen LogP contribution in [0.1, 0.15) is 43.0 Å². The number of benzene rings is 1. The lowest BCUT2D eigenvalue weighted by Gasteiger charge is -2.27. The van der Waals surface area contributed by atoms with Crippen LogP contribution in [-0.4, -0.2) is 37.5 Å². The first-order chi connectivity index (χ1) is 9.50. The molecule has 4 heteroatoms. The molecule has 1 heterocycles. The molecule has 1 aliphatic rings. The van der Waals surface area contributed by atoms with Crippen LogP contribution < -0.4 is 10.6 Å². The maximum absolute atomic E-state index is 12.7. The first-order valence-electron chi connectivity index (χ1n) is 7.38. The molecule has 2 rings (SSSR count). The average molecular weight is 275 g/mol. The quantitative estimate of drug-likeness (QED) is 0.844. The molecular weight excluding hydrogens is 250 g/mol. The van der Waals surface area contributed by atoms with Gasteiger partial charge in [-0.05, 0) is 38.0 Å². The van der Waals surface area contributed by atoms with Crippen molar-refractivity contribution in [1.29, 1.82) is 0 Å². The molecule has 1 aromatic carbocycles. The Bertz CT molecular complexity index is 485. The fraction of sp³-hybridized carbons (Fsp3) is 0.562. The van der Waals surface area contributed by atoms with Crippen molar-refractivity contribution in [2.24, 2.45) is 0 Å². The predicted molar refractivity (Wildman–Crippen MR) is 84.1 cm³/mol. The molecule has 1 atom stereocenters. The average Bonchev–Trinajstić information content (AvgIpc) is 2.62. The highest BCUT2D eigenvalue weighted by atomic mass is 16.2. The number of nitrogen functional groups attached to an aromatic ring is 1. The Morgan fingerprint density at radius 3 is 2.70 bits per heavy atom. The Balaban J connectivity index is 2.22. The lowest BCUT2D eigenvalue weighted by molar-refractivity contribution is 0.0698. The predicted octanol–water partition coefficient (Wildman–Crippen LogP) is 2.74. The second-order valence-electron chi connectivity index (χ2n) is 5.86. The fourth-order valence-electron chi connectivity index (χ4n) is 2.84. The molecule has 1 fully saturated rings. The van der Waals surface area contributed by atoms with E-state index in [0.717, 1.165) is 25.1 Å². The third kappa shape index (κ3) is 3.06. The first-order valence-corrected chi connectivity index (χ1v) is 7.38. The number of carbonyl (C=O) groups excluding carboxylic acids is 1. The summed E-state index contributed by atoms with van der Waals surface area (Å²) in [7, 11) is 3.90. The molecule has 1 unspecified atom stereocenters. The minimum absolute atomic E-state index is 0.108. The summed E-state index contributed by atoms with van der Waals surface area (Å²) < 4.78 is 0. The molecule has 4 nitrogen and oxygen atoms in total. The highest BCUT2D eigenvalue weighted by Gasteiger charge is 2.23. The Labute approximate surface area is 121 Å². The molecule has 1 saturated heterocycles. The highest BCUT2D eigenvalue weighted by molar-refractivity contribution is 5.96. The van der Waals surface area contributed by atoms with Gasteiger partial charge in [0.05, 0.1) is 11.4 Å². The van der Waals surface area contributed by atoms with Crippen LogP contribution in [0.4, 0.5) is 11.4 Å². The number of anilines is 2. The molecule has 0 aliphatic carbocycles. The summed E-state index contributed by atoms with van der Waals surface area (Å²) in [6, 6.07) is 5.92. The summed E-state index contributed by atoms with van der Waals surface area (Å²) in [5, 5.41) is 0. The lowest BCUT2D eigenvalue weighted by atomic mass is 10.1. The van der Waals surface area contributed by atoms with Crippen molar-refractivity contribution in [2.75, 3.05) is 31.3 Å². The van der Waals surface area contributed by atoms with Crippen LogP contribution in [-0.2, 0) is 0 Å². The summed E-state index contributed by atoms with van der Waals surface area (Å²) >= 11 is 0. The van der Waals surface area contributed by atoms with E-state index in [1.165, 1.54) is 12.8 Å².